The number of rotatable bonds is 4. The minimum atomic E-state index is 0.484. The minimum absolute atomic E-state index is 0.484. The van der Waals surface area contributed by atoms with E-state index in [0.717, 1.165) is 18.4 Å². The van der Waals surface area contributed by atoms with E-state index < -0.39 is 0 Å². The van der Waals surface area contributed by atoms with Crippen molar-refractivity contribution in [2.75, 3.05) is 13.7 Å². The fraction of sp³-hybridized carbons (Fsp3) is 1.00. The molecule has 1 heterocycles. The third-order valence-electron chi connectivity index (χ3n) is 3.98. The number of nitrogens with one attached hydrogen (secondary N) is 1. The molecule has 2 heteroatoms. The third-order valence-corrected chi connectivity index (χ3v) is 3.98. The summed E-state index contributed by atoms with van der Waals surface area (Å²) >= 11 is 0. The van der Waals surface area contributed by atoms with Gasteiger partial charge in [-0.3, -0.25) is 0 Å². The first-order chi connectivity index (χ1) is 6.79. The van der Waals surface area contributed by atoms with Crippen molar-refractivity contribution < 1.29 is 4.74 Å². The van der Waals surface area contributed by atoms with Crippen LogP contribution < -0.4 is 5.32 Å². The van der Waals surface area contributed by atoms with E-state index in [-0.39, 0.29) is 0 Å². The lowest BCUT2D eigenvalue weighted by Crippen LogP contribution is -2.37. The Kier molecular flexibility index (Phi) is 3.45. The van der Waals surface area contributed by atoms with Crippen molar-refractivity contribution in [3.05, 3.63) is 0 Å². The Bertz CT molecular complexity index is 179. The van der Waals surface area contributed by atoms with Crippen molar-refractivity contribution >= 4 is 0 Å². The molecule has 1 aliphatic carbocycles. The van der Waals surface area contributed by atoms with Gasteiger partial charge in [-0.2, -0.15) is 0 Å². The summed E-state index contributed by atoms with van der Waals surface area (Å²) in [6.45, 7) is 3.16. The molecule has 82 valence electrons. The van der Waals surface area contributed by atoms with Crippen LogP contribution in [-0.4, -0.2) is 25.8 Å². The molecule has 1 N–H and O–H groups in total. The molecule has 0 radical (unpaired) electrons. The van der Waals surface area contributed by atoms with Crippen LogP contribution in [0.2, 0.25) is 0 Å². The highest BCUT2D eigenvalue weighted by Crippen LogP contribution is 2.34. The molecule has 0 amide bonds. The molecule has 14 heavy (non-hydrogen) atoms. The van der Waals surface area contributed by atoms with E-state index in [1.807, 2.05) is 0 Å². The Morgan fingerprint density at radius 3 is 2.64 bits per heavy atom. The van der Waals surface area contributed by atoms with Crippen LogP contribution in [0.15, 0.2) is 0 Å². The SMILES string of the molecule is CNC(CC1CCC1)C1COC(C)C1. The maximum atomic E-state index is 5.64. The summed E-state index contributed by atoms with van der Waals surface area (Å²) in [6.07, 6.45) is 7.48. The highest BCUT2D eigenvalue weighted by atomic mass is 16.5. The van der Waals surface area contributed by atoms with Crippen LogP contribution in [0, 0.1) is 11.8 Å². The molecule has 1 saturated carbocycles. The number of ether oxygens (including phenoxy) is 1. The second-order valence-electron chi connectivity index (χ2n) is 5.07. The fourth-order valence-electron chi connectivity index (χ4n) is 2.76. The van der Waals surface area contributed by atoms with Crippen molar-refractivity contribution in [1.82, 2.24) is 5.32 Å². The first kappa shape index (κ1) is 10.4. The number of hydrogen-bond donors (Lipinski definition) is 1. The molecule has 0 spiro atoms. The van der Waals surface area contributed by atoms with Gasteiger partial charge in [0.05, 0.1) is 12.7 Å². The molecule has 0 aromatic heterocycles. The second-order valence-corrected chi connectivity index (χ2v) is 5.07. The van der Waals surface area contributed by atoms with Gasteiger partial charge in [0.15, 0.2) is 0 Å². The van der Waals surface area contributed by atoms with Crippen molar-refractivity contribution in [1.29, 1.82) is 0 Å². The van der Waals surface area contributed by atoms with Crippen LogP contribution in [0.1, 0.15) is 39.0 Å². The number of hydrogen-bond acceptors (Lipinski definition) is 2. The molecule has 3 atom stereocenters. The lowest BCUT2D eigenvalue weighted by atomic mass is 9.78. The van der Waals surface area contributed by atoms with Crippen LogP contribution in [0.3, 0.4) is 0 Å². The van der Waals surface area contributed by atoms with Gasteiger partial charge in [0.2, 0.25) is 0 Å². The van der Waals surface area contributed by atoms with Gasteiger partial charge in [0.25, 0.3) is 0 Å². The van der Waals surface area contributed by atoms with Gasteiger partial charge in [0.1, 0.15) is 0 Å². The Morgan fingerprint density at radius 2 is 2.21 bits per heavy atom. The van der Waals surface area contributed by atoms with Crippen molar-refractivity contribution in [2.45, 2.75) is 51.2 Å². The van der Waals surface area contributed by atoms with E-state index in [0.29, 0.717) is 12.1 Å². The summed E-state index contributed by atoms with van der Waals surface area (Å²) in [4.78, 5) is 0. The summed E-state index contributed by atoms with van der Waals surface area (Å²) < 4.78 is 5.64. The summed E-state index contributed by atoms with van der Waals surface area (Å²) in [5, 5.41) is 3.48. The summed E-state index contributed by atoms with van der Waals surface area (Å²) in [5.41, 5.74) is 0. The Hall–Kier alpha value is -0.0800. The predicted octanol–water partition coefficient (Wildman–Crippen LogP) is 2.19. The maximum absolute atomic E-state index is 5.64. The van der Waals surface area contributed by atoms with E-state index >= 15 is 0 Å². The Morgan fingerprint density at radius 1 is 1.43 bits per heavy atom. The average molecular weight is 197 g/mol. The van der Waals surface area contributed by atoms with Crippen LogP contribution in [0.5, 0.6) is 0 Å². The molecule has 3 unspecified atom stereocenters. The van der Waals surface area contributed by atoms with Gasteiger partial charge in [-0.25, -0.2) is 0 Å². The molecule has 2 rings (SSSR count). The molecule has 0 aromatic rings. The molecule has 0 bridgehead atoms. The highest BCUT2D eigenvalue weighted by molar-refractivity contribution is 4.85. The molecule has 1 saturated heterocycles. The van der Waals surface area contributed by atoms with Gasteiger partial charge in [-0.05, 0) is 32.7 Å². The monoisotopic (exact) mass is 197 g/mol. The zero-order valence-corrected chi connectivity index (χ0v) is 9.46. The lowest BCUT2D eigenvalue weighted by molar-refractivity contribution is 0.114. The topological polar surface area (TPSA) is 21.3 Å². The first-order valence-electron chi connectivity index (χ1n) is 6.08. The third kappa shape index (κ3) is 2.29. The Balaban J connectivity index is 1.79. The summed E-state index contributed by atoms with van der Waals surface area (Å²) in [5.74, 6) is 1.76. The van der Waals surface area contributed by atoms with Gasteiger partial charge in [-0.1, -0.05) is 19.3 Å². The molecule has 0 aromatic carbocycles. The quantitative estimate of drug-likeness (QED) is 0.746. The van der Waals surface area contributed by atoms with Crippen molar-refractivity contribution in [3.8, 4) is 0 Å². The molecule has 2 nitrogen and oxygen atoms in total. The van der Waals surface area contributed by atoms with Crippen LogP contribution in [0.4, 0.5) is 0 Å². The van der Waals surface area contributed by atoms with Crippen molar-refractivity contribution in [3.63, 3.8) is 0 Å². The van der Waals surface area contributed by atoms with Gasteiger partial charge in [0, 0.05) is 12.0 Å². The standard InChI is InChI=1S/C12H23NO/c1-9-6-11(8-14-9)12(13-2)7-10-4-3-5-10/h9-13H,3-8H2,1-2H3. The van der Waals surface area contributed by atoms with Crippen LogP contribution in [-0.2, 0) is 4.74 Å². The van der Waals surface area contributed by atoms with E-state index in [9.17, 15) is 0 Å². The zero-order chi connectivity index (χ0) is 9.97. The van der Waals surface area contributed by atoms with Crippen molar-refractivity contribution in [2.24, 2.45) is 11.8 Å². The van der Waals surface area contributed by atoms with E-state index in [2.05, 4.69) is 19.3 Å². The van der Waals surface area contributed by atoms with E-state index in [4.69, 9.17) is 4.74 Å². The minimum Gasteiger partial charge on any atom is -0.378 e. The lowest BCUT2D eigenvalue weighted by Gasteiger charge is -2.32. The van der Waals surface area contributed by atoms with Gasteiger partial charge in [-0.15, -0.1) is 0 Å². The van der Waals surface area contributed by atoms with Crippen LogP contribution in [0.25, 0.3) is 0 Å². The highest BCUT2D eigenvalue weighted by Gasteiger charge is 2.31. The summed E-state index contributed by atoms with van der Waals surface area (Å²) in [7, 11) is 2.10. The molecular weight excluding hydrogens is 174 g/mol. The van der Waals surface area contributed by atoms with Gasteiger partial charge >= 0.3 is 0 Å². The zero-order valence-electron chi connectivity index (χ0n) is 9.46. The predicted molar refractivity (Wildman–Crippen MR) is 58.3 cm³/mol. The normalized spacial score (nSPS) is 35.6. The first-order valence-corrected chi connectivity index (χ1v) is 6.08. The summed E-state index contributed by atoms with van der Waals surface area (Å²) in [6, 6.07) is 0.699. The smallest absolute Gasteiger partial charge is 0.0551 e. The fourth-order valence-corrected chi connectivity index (χ4v) is 2.76. The van der Waals surface area contributed by atoms with Gasteiger partial charge < -0.3 is 10.1 Å². The van der Waals surface area contributed by atoms with E-state index in [1.54, 1.807) is 0 Å². The largest absolute Gasteiger partial charge is 0.378 e. The molecule has 2 aliphatic rings. The molecule has 2 fully saturated rings. The Labute approximate surface area is 87.4 Å². The van der Waals surface area contributed by atoms with Crippen LogP contribution >= 0.6 is 0 Å². The maximum Gasteiger partial charge on any atom is 0.0551 e. The molecular formula is C12H23NO. The molecule has 1 aliphatic heterocycles. The van der Waals surface area contributed by atoms with E-state index in [1.165, 1.54) is 32.1 Å². The second kappa shape index (κ2) is 4.63. The average Bonchev–Trinajstić information content (AvgIpc) is 2.50.